The number of hydrogen-bond donors (Lipinski definition) is 2. The minimum atomic E-state index is 0.0624. The van der Waals surface area contributed by atoms with Crippen LogP contribution in [0, 0.1) is 0 Å². The average molecular weight is 258 g/mol. The van der Waals surface area contributed by atoms with E-state index in [-0.39, 0.29) is 11.5 Å². The summed E-state index contributed by atoms with van der Waals surface area (Å²) < 4.78 is 0. The summed E-state index contributed by atoms with van der Waals surface area (Å²) in [6.45, 7) is 0. The molecule has 92 valence electrons. The molecular weight excluding hydrogens is 244 g/mol. The number of benzene rings is 2. The topological polar surface area (TPSA) is 40.5 Å². The molecule has 0 saturated carbocycles. The highest BCUT2D eigenvalue weighted by Crippen LogP contribution is 2.22. The maximum absolute atomic E-state index is 9.36. The maximum atomic E-state index is 9.36. The molecule has 0 aromatic heterocycles. The van der Waals surface area contributed by atoms with Gasteiger partial charge in [-0.05, 0) is 41.6 Å². The summed E-state index contributed by atoms with van der Waals surface area (Å²) in [7, 11) is 0. The number of hydrogen-bond acceptors (Lipinski definition) is 3. The lowest BCUT2D eigenvalue weighted by Gasteiger charge is -1.99. The summed E-state index contributed by atoms with van der Waals surface area (Å²) in [5, 5.41) is 18.7. The van der Waals surface area contributed by atoms with Crippen molar-refractivity contribution in [3.05, 3.63) is 53.6 Å². The lowest BCUT2D eigenvalue weighted by atomic mass is 10.1. The largest absolute Gasteiger partial charge is 0.508 e. The van der Waals surface area contributed by atoms with Crippen LogP contribution >= 0.6 is 11.8 Å². The molecule has 0 radical (unpaired) electrons. The number of rotatable bonds is 3. The summed E-state index contributed by atoms with van der Waals surface area (Å²) >= 11 is 1.71. The van der Waals surface area contributed by atoms with Gasteiger partial charge in [0, 0.05) is 11.0 Å². The van der Waals surface area contributed by atoms with E-state index in [1.807, 2.05) is 30.5 Å². The molecule has 0 amide bonds. The van der Waals surface area contributed by atoms with Crippen LogP contribution in [0.4, 0.5) is 0 Å². The molecule has 2 nitrogen and oxygen atoms in total. The second-order valence-electron chi connectivity index (χ2n) is 3.89. The molecule has 0 saturated heterocycles. The predicted molar refractivity (Wildman–Crippen MR) is 76.9 cm³/mol. The highest BCUT2D eigenvalue weighted by molar-refractivity contribution is 7.98. The predicted octanol–water partition coefficient (Wildman–Crippen LogP) is 3.99. The Hall–Kier alpha value is -1.87. The maximum Gasteiger partial charge on any atom is 0.119 e. The molecule has 2 aromatic carbocycles. The molecule has 2 N–H and O–H groups in total. The lowest BCUT2D eigenvalue weighted by Crippen LogP contribution is -1.75. The van der Waals surface area contributed by atoms with Crippen molar-refractivity contribution in [2.45, 2.75) is 4.90 Å². The van der Waals surface area contributed by atoms with Gasteiger partial charge in [0.05, 0.1) is 0 Å². The van der Waals surface area contributed by atoms with Crippen molar-refractivity contribution in [2.75, 3.05) is 6.26 Å². The Bertz CT molecular complexity index is 539. The molecule has 0 bridgehead atoms. The third-order valence-electron chi connectivity index (χ3n) is 2.51. The van der Waals surface area contributed by atoms with Crippen LogP contribution in [-0.4, -0.2) is 16.5 Å². The van der Waals surface area contributed by atoms with Crippen LogP contribution in [0.15, 0.2) is 47.4 Å². The van der Waals surface area contributed by atoms with Crippen LogP contribution in [-0.2, 0) is 0 Å². The quantitative estimate of drug-likeness (QED) is 0.646. The van der Waals surface area contributed by atoms with E-state index in [0.717, 1.165) is 11.1 Å². The van der Waals surface area contributed by atoms with Gasteiger partial charge >= 0.3 is 0 Å². The van der Waals surface area contributed by atoms with Crippen LogP contribution in [0.25, 0.3) is 12.2 Å². The van der Waals surface area contributed by atoms with Gasteiger partial charge in [-0.25, -0.2) is 0 Å². The van der Waals surface area contributed by atoms with Gasteiger partial charge < -0.3 is 10.2 Å². The van der Waals surface area contributed by atoms with Crippen LogP contribution in [0.5, 0.6) is 11.5 Å². The van der Waals surface area contributed by atoms with Crippen LogP contribution in [0.2, 0.25) is 0 Å². The molecule has 18 heavy (non-hydrogen) atoms. The molecule has 0 atom stereocenters. The molecule has 0 aliphatic heterocycles. The van der Waals surface area contributed by atoms with Gasteiger partial charge in [-0.15, -0.1) is 11.8 Å². The molecule has 0 spiro atoms. The first-order valence-corrected chi connectivity index (χ1v) is 6.75. The van der Waals surface area contributed by atoms with E-state index in [2.05, 4.69) is 12.1 Å². The first-order valence-electron chi connectivity index (χ1n) is 5.52. The molecule has 0 unspecified atom stereocenters. The van der Waals surface area contributed by atoms with E-state index in [9.17, 15) is 10.2 Å². The number of aromatic hydroxyl groups is 2. The lowest BCUT2D eigenvalue weighted by molar-refractivity contribution is 0.450. The minimum absolute atomic E-state index is 0.0624. The van der Waals surface area contributed by atoms with Crippen LogP contribution < -0.4 is 0 Å². The Labute approximate surface area is 111 Å². The zero-order valence-electron chi connectivity index (χ0n) is 10.00. The van der Waals surface area contributed by atoms with Crippen LogP contribution in [0.3, 0.4) is 0 Å². The fraction of sp³-hybridized carbons (Fsp3) is 0.0667. The molecule has 0 heterocycles. The summed E-state index contributed by atoms with van der Waals surface area (Å²) in [5.41, 5.74) is 1.84. The monoisotopic (exact) mass is 258 g/mol. The van der Waals surface area contributed by atoms with Gasteiger partial charge in [0.2, 0.25) is 0 Å². The molecule has 3 heteroatoms. The van der Waals surface area contributed by atoms with Crippen molar-refractivity contribution in [3.8, 4) is 11.5 Å². The van der Waals surface area contributed by atoms with E-state index in [0.29, 0.717) is 0 Å². The number of phenols is 2. The highest BCUT2D eigenvalue weighted by atomic mass is 32.2. The standard InChI is InChI=1S/C15H14O2S/c1-18-15-6-4-11(5-7-15)2-3-12-8-13(16)10-14(17)9-12/h2-10,16-17H,1H3/b3-2+. The smallest absolute Gasteiger partial charge is 0.119 e. The summed E-state index contributed by atoms with van der Waals surface area (Å²) in [4.78, 5) is 1.22. The van der Waals surface area contributed by atoms with E-state index in [4.69, 9.17) is 0 Å². The summed E-state index contributed by atoms with van der Waals surface area (Å²) in [6.07, 6.45) is 5.84. The van der Waals surface area contributed by atoms with Crippen molar-refractivity contribution >= 4 is 23.9 Å². The Kier molecular flexibility index (Phi) is 3.95. The minimum Gasteiger partial charge on any atom is -0.508 e. The molecule has 0 aliphatic rings. The van der Waals surface area contributed by atoms with Crippen molar-refractivity contribution in [3.63, 3.8) is 0 Å². The van der Waals surface area contributed by atoms with Gasteiger partial charge in [-0.1, -0.05) is 24.3 Å². The average Bonchev–Trinajstić information content (AvgIpc) is 2.36. The Morgan fingerprint density at radius 3 is 1.94 bits per heavy atom. The van der Waals surface area contributed by atoms with Gasteiger partial charge in [0.1, 0.15) is 11.5 Å². The van der Waals surface area contributed by atoms with E-state index in [1.54, 1.807) is 23.9 Å². The second-order valence-corrected chi connectivity index (χ2v) is 4.77. The van der Waals surface area contributed by atoms with Crippen molar-refractivity contribution < 1.29 is 10.2 Å². The normalized spacial score (nSPS) is 10.9. The number of thioether (sulfide) groups is 1. The molecule has 2 aromatic rings. The van der Waals surface area contributed by atoms with Crippen LogP contribution in [0.1, 0.15) is 11.1 Å². The third-order valence-corrected chi connectivity index (χ3v) is 3.25. The Morgan fingerprint density at radius 1 is 0.833 bits per heavy atom. The SMILES string of the molecule is CSc1ccc(/C=C/c2cc(O)cc(O)c2)cc1. The summed E-state index contributed by atoms with van der Waals surface area (Å²) in [5.74, 6) is 0.125. The van der Waals surface area contributed by atoms with Gasteiger partial charge in [-0.2, -0.15) is 0 Å². The first-order chi connectivity index (χ1) is 8.67. The fourth-order valence-corrected chi connectivity index (χ4v) is 2.03. The van der Waals surface area contributed by atoms with Crippen molar-refractivity contribution in [1.82, 2.24) is 0 Å². The van der Waals surface area contributed by atoms with Crippen molar-refractivity contribution in [1.29, 1.82) is 0 Å². The Balaban J connectivity index is 2.18. The first kappa shape index (κ1) is 12.6. The van der Waals surface area contributed by atoms with Crippen molar-refractivity contribution in [2.24, 2.45) is 0 Å². The zero-order valence-corrected chi connectivity index (χ0v) is 10.8. The fourth-order valence-electron chi connectivity index (χ4n) is 1.62. The second kappa shape index (κ2) is 5.65. The highest BCUT2D eigenvalue weighted by Gasteiger charge is 1.96. The van der Waals surface area contributed by atoms with E-state index >= 15 is 0 Å². The van der Waals surface area contributed by atoms with Gasteiger partial charge in [0.25, 0.3) is 0 Å². The molecule has 0 fully saturated rings. The zero-order chi connectivity index (χ0) is 13.0. The van der Waals surface area contributed by atoms with Gasteiger partial charge in [-0.3, -0.25) is 0 Å². The third kappa shape index (κ3) is 3.31. The van der Waals surface area contributed by atoms with E-state index < -0.39 is 0 Å². The molecular formula is C15H14O2S. The molecule has 2 rings (SSSR count). The summed E-state index contributed by atoms with van der Waals surface area (Å²) in [6, 6.07) is 12.7. The van der Waals surface area contributed by atoms with E-state index in [1.165, 1.54) is 11.0 Å². The molecule has 0 aliphatic carbocycles. The number of phenolic OH excluding ortho intramolecular Hbond substituents is 2. The van der Waals surface area contributed by atoms with Gasteiger partial charge in [0.15, 0.2) is 0 Å². The Morgan fingerprint density at radius 2 is 1.39 bits per heavy atom.